The van der Waals surface area contributed by atoms with Crippen molar-refractivity contribution in [1.29, 1.82) is 0 Å². The van der Waals surface area contributed by atoms with Gasteiger partial charge in [-0.3, -0.25) is 4.90 Å². The summed E-state index contributed by atoms with van der Waals surface area (Å²) in [5, 5.41) is 2.89. The standard InChI is InChI=1S/C10H12N2O.Na.H/c1-7(2)12-9-6-4-3-5-8(9)11-10(12)13;;/h3-4,6,8H,1,5H2,2H3,(H,11,13);;. The molecule has 14 heavy (non-hydrogen) atoms. The summed E-state index contributed by atoms with van der Waals surface area (Å²) in [6.45, 7) is 5.61. The number of carbonyl (C=O) groups excluding carboxylic acids is 1. The van der Waals surface area contributed by atoms with E-state index in [2.05, 4.69) is 18.0 Å². The molecule has 0 aromatic carbocycles. The molecule has 2 amide bonds. The minimum atomic E-state index is -0.0625. The van der Waals surface area contributed by atoms with Crippen LogP contribution in [0, 0.1) is 0 Å². The van der Waals surface area contributed by atoms with Crippen molar-refractivity contribution in [3.05, 3.63) is 36.2 Å². The monoisotopic (exact) mass is 200 g/mol. The predicted molar refractivity (Wildman–Crippen MR) is 58.0 cm³/mol. The fraction of sp³-hybridized carbons (Fsp3) is 0.300. The van der Waals surface area contributed by atoms with E-state index >= 15 is 0 Å². The van der Waals surface area contributed by atoms with Crippen molar-refractivity contribution >= 4 is 35.6 Å². The molecule has 1 unspecified atom stereocenters. The molecular weight excluding hydrogens is 187 g/mol. The van der Waals surface area contributed by atoms with E-state index in [-0.39, 0.29) is 41.6 Å². The van der Waals surface area contributed by atoms with Crippen molar-refractivity contribution in [2.24, 2.45) is 0 Å². The van der Waals surface area contributed by atoms with Gasteiger partial charge in [0, 0.05) is 5.70 Å². The molecule has 1 fully saturated rings. The molecular formula is C10H13N2NaO. The summed E-state index contributed by atoms with van der Waals surface area (Å²) in [4.78, 5) is 13.1. The molecule has 1 N–H and O–H groups in total. The first kappa shape index (κ1) is 11.6. The first-order valence-electron chi connectivity index (χ1n) is 4.33. The maximum atomic E-state index is 11.5. The third-order valence-electron chi connectivity index (χ3n) is 2.27. The van der Waals surface area contributed by atoms with Crippen LogP contribution in [0.25, 0.3) is 0 Å². The zero-order valence-electron chi connectivity index (χ0n) is 7.58. The van der Waals surface area contributed by atoms with Crippen LogP contribution in [0.1, 0.15) is 13.3 Å². The second-order valence-electron chi connectivity index (χ2n) is 3.33. The second kappa shape index (κ2) is 4.34. The van der Waals surface area contributed by atoms with Crippen LogP contribution < -0.4 is 5.32 Å². The van der Waals surface area contributed by atoms with Gasteiger partial charge in [0.1, 0.15) is 0 Å². The number of urea groups is 1. The van der Waals surface area contributed by atoms with Crippen LogP contribution in [0.4, 0.5) is 4.79 Å². The van der Waals surface area contributed by atoms with Crippen molar-refractivity contribution in [3.63, 3.8) is 0 Å². The number of fused-ring (bicyclic) bond motifs is 1. The number of amides is 2. The van der Waals surface area contributed by atoms with Crippen molar-refractivity contribution in [3.8, 4) is 0 Å². The van der Waals surface area contributed by atoms with Crippen LogP contribution in [0.2, 0.25) is 0 Å². The summed E-state index contributed by atoms with van der Waals surface area (Å²) < 4.78 is 0. The van der Waals surface area contributed by atoms with Crippen LogP contribution in [0.3, 0.4) is 0 Å². The van der Waals surface area contributed by atoms with E-state index in [9.17, 15) is 4.79 Å². The molecule has 1 atom stereocenters. The SMILES string of the molecule is C=C(C)N1C(=O)NC2CC=CC=C21.[NaH]. The second-order valence-corrected chi connectivity index (χ2v) is 3.33. The van der Waals surface area contributed by atoms with Gasteiger partial charge >= 0.3 is 35.6 Å². The van der Waals surface area contributed by atoms with Crippen molar-refractivity contribution in [2.45, 2.75) is 19.4 Å². The molecule has 0 radical (unpaired) electrons. The molecule has 1 aliphatic heterocycles. The summed E-state index contributed by atoms with van der Waals surface area (Å²) in [7, 11) is 0. The molecule has 1 heterocycles. The van der Waals surface area contributed by atoms with E-state index in [4.69, 9.17) is 0 Å². The Bertz CT molecular complexity index is 333. The van der Waals surface area contributed by atoms with Crippen LogP contribution in [-0.2, 0) is 0 Å². The number of nitrogens with one attached hydrogen (secondary N) is 1. The Hall–Kier alpha value is -0.510. The molecule has 1 aliphatic carbocycles. The van der Waals surface area contributed by atoms with E-state index < -0.39 is 0 Å². The number of carbonyl (C=O) groups is 1. The normalized spacial score (nSPS) is 23.5. The molecule has 0 aromatic heterocycles. The Balaban J connectivity index is 0.000000980. The molecule has 4 heteroatoms. The number of allylic oxidation sites excluding steroid dienone is 3. The Morgan fingerprint density at radius 1 is 1.71 bits per heavy atom. The number of hydrogen-bond acceptors (Lipinski definition) is 1. The Labute approximate surface area is 106 Å². The van der Waals surface area contributed by atoms with Crippen LogP contribution >= 0.6 is 0 Å². The Morgan fingerprint density at radius 3 is 3.07 bits per heavy atom. The molecule has 0 saturated carbocycles. The molecule has 0 bridgehead atoms. The van der Waals surface area contributed by atoms with Crippen molar-refractivity contribution < 1.29 is 4.79 Å². The van der Waals surface area contributed by atoms with Gasteiger partial charge < -0.3 is 5.32 Å². The van der Waals surface area contributed by atoms with Gasteiger partial charge in [-0.1, -0.05) is 18.7 Å². The molecule has 2 rings (SSSR count). The van der Waals surface area contributed by atoms with Gasteiger partial charge in [0.2, 0.25) is 0 Å². The molecule has 1 saturated heterocycles. The van der Waals surface area contributed by atoms with Gasteiger partial charge in [-0.15, -0.1) is 0 Å². The average molecular weight is 200 g/mol. The molecule has 70 valence electrons. The van der Waals surface area contributed by atoms with Crippen LogP contribution in [-0.4, -0.2) is 46.5 Å². The molecule has 3 nitrogen and oxygen atoms in total. The van der Waals surface area contributed by atoms with E-state index in [1.54, 1.807) is 4.90 Å². The third kappa shape index (κ3) is 1.80. The van der Waals surface area contributed by atoms with E-state index in [0.717, 1.165) is 17.8 Å². The van der Waals surface area contributed by atoms with E-state index in [1.807, 2.05) is 19.1 Å². The summed E-state index contributed by atoms with van der Waals surface area (Å²) in [5.41, 5.74) is 1.78. The number of hydrogen-bond donors (Lipinski definition) is 1. The van der Waals surface area contributed by atoms with Gasteiger partial charge in [0.25, 0.3) is 0 Å². The number of rotatable bonds is 1. The topological polar surface area (TPSA) is 32.3 Å². The number of nitrogens with zero attached hydrogens (tertiary/aromatic N) is 1. The van der Waals surface area contributed by atoms with Crippen LogP contribution in [0.15, 0.2) is 36.2 Å². The average Bonchev–Trinajstić information content (AvgIpc) is 2.39. The van der Waals surface area contributed by atoms with Gasteiger partial charge in [0.05, 0.1) is 11.7 Å². The predicted octanol–water partition coefficient (Wildman–Crippen LogP) is 1.11. The van der Waals surface area contributed by atoms with Gasteiger partial charge in [-0.25, -0.2) is 4.79 Å². The van der Waals surface area contributed by atoms with Crippen molar-refractivity contribution in [1.82, 2.24) is 10.2 Å². The first-order chi connectivity index (χ1) is 6.20. The fourth-order valence-electron chi connectivity index (χ4n) is 1.71. The third-order valence-corrected chi connectivity index (χ3v) is 2.27. The summed E-state index contributed by atoms with van der Waals surface area (Å²) >= 11 is 0. The summed E-state index contributed by atoms with van der Waals surface area (Å²) in [6, 6.07) is 0.0849. The van der Waals surface area contributed by atoms with Crippen molar-refractivity contribution in [2.75, 3.05) is 0 Å². The Morgan fingerprint density at radius 2 is 2.43 bits per heavy atom. The molecule has 2 aliphatic rings. The van der Waals surface area contributed by atoms with Gasteiger partial charge in [0.15, 0.2) is 0 Å². The molecule has 0 spiro atoms. The van der Waals surface area contributed by atoms with Crippen LogP contribution in [0.5, 0.6) is 0 Å². The molecule has 0 aromatic rings. The summed E-state index contributed by atoms with van der Waals surface area (Å²) in [6.07, 6.45) is 6.86. The Kier molecular flexibility index (Phi) is 3.59. The van der Waals surface area contributed by atoms with Gasteiger partial charge in [-0.2, -0.15) is 0 Å². The quantitative estimate of drug-likeness (QED) is 0.632. The zero-order chi connectivity index (χ0) is 9.42. The van der Waals surface area contributed by atoms with E-state index in [0.29, 0.717) is 0 Å². The van der Waals surface area contributed by atoms with Gasteiger partial charge in [-0.05, 0) is 19.4 Å². The minimum absolute atomic E-state index is 0. The maximum absolute atomic E-state index is 11.5. The fourth-order valence-corrected chi connectivity index (χ4v) is 1.71. The first-order valence-corrected chi connectivity index (χ1v) is 4.33. The zero-order valence-corrected chi connectivity index (χ0v) is 7.58. The summed E-state index contributed by atoms with van der Waals surface area (Å²) in [5.74, 6) is 0. The van der Waals surface area contributed by atoms with E-state index in [1.165, 1.54) is 0 Å².